The van der Waals surface area contributed by atoms with Gasteiger partial charge < -0.3 is 15.6 Å². The van der Waals surface area contributed by atoms with E-state index in [-0.39, 0.29) is 5.17 Å². The number of rotatable bonds is 4. The highest BCUT2D eigenvalue weighted by atomic mass is 79.9. The number of nitrogens with zero attached hydrogens (tertiary/aromatic N) is 1. The normalized spacial score (nSPS) is 16.4. The summed E-state index contributed by atoms with van der Waals surface area (Å²) in [5, 5.41) is 8.82. The fraction of sp³-hybridized carbons (Fsp3) is 0.0833. The Bertz CT molecular complexity index is 642. The maximum atomic E-state index is 11.5. The van der Waals surface area contributed by atoms with E-state index in [0.29, 0.717) is 16.2 Å². The first kappa shape index (κ1) is 14.6. The van der Waals surface area contributed by atoms with Crippen molar-refractivity contribution in [1.82, 2.24) is 0 Å². The van der Waals surface area contributed by atoms with Gasteiger partial charge in [-0.1, -0.05) is 15.9 Å². The highest BCUT2D eigenvalue weighted by Crippen LogP contribution is 2.31. The largest absolute Gasteiger partial charge is 0.481 e. The monoisotopic (exact) mass is 356 g/mol. The van der Waals surface area contributed by atoms with Gasteiger partial charge in [-0.25, -0.2) is 4.79 Å². The Morgan fingerprint density at radius 2 is 2.30 bits per heavy atom. The van der Waals surface area contributed by atoms with Gasteiger partial charge >= 0.3 is 5.97 Å². The lowest BCUT2D eigenvalue weighted by molar-refractivity contribution is -0.139. The molecule has 104 valence electrons. The summed E-state index contributed by atoms with van der Waals surface area (Å²) in [6, 6.07) is 5.05. The zero-order chi connectivity index (χ0) is 14.7. The lowest BCUT2D eigenvalue weighted by atomic mass is 10.2. The molecule has 1 heterocycles. The maximum Gasteiger partial charge on any atom is 0.341 e. The molecule has 1 aromatic carbocycles. The predicted octanol–water partition coefficient (Wildman–Crippen LogP) is 1.84. The molecule has 1 amide bonds. The molecule has 0 saturated carbocycles. The molecule has 0 atom stereocenters. The van der Waals surface area contributed by atoms with Crippen LogP contribution in [0, 0.1) is 0 Å². The molecule has 0 spiro atoms. The zero-order valence-corrected chi connectivity index (χ0v) is 12.4. The second kappa shape index (κ2) is 6.10. The van der Waals surface area contributed by atoms with Gasteiger partial charge in [-0.3, -0.25) is 4.79 Å². The van der Waals surface area contributed by atoms with Gasteiger partial charge in [0.15, 0.2) is 11.8 Å². The summed E-state index contributed by atoms with van der Waals surface area (Å²) in [4.78, 5) is 26.1. The van der Waals surface area contributed by atoms with Gasteiger partial charge in [0.1, 0.15) is 5.75 Å². The number of thioether (sulfide) groups is 1. The van der Waals surface area contributed by atoms with Crippen LogP contribution in [0.3, 0.4) is 0 Å². The van der Waals surface area contributed by atoms with Crippen molar-refractivity contribution in [3.05, 3.63) is 33.1 Å². The molecule has 0 fully saturated rings. The summed E-state index contributed by atoms with van der Waals surface area (Å²) < 4.78 is 5.95. The summed E-state index contributed by atoms with van der Waals surface area (Å²) in [6.45, 7) is -0.461. The minimum absolute atomic E-state index is 0.184. The van der Waals surface area contributed by atoms with E-state index in [4.69, 9.17) is 15.6 Å². The molecule has 1 aliphatic rings. The number of benzene rings is 1. The minimum Gasteiger partial charge on any atom is -0.481 e. The number of ether oxygens (including phenoxy) is 1. The summed E-state index contributed by atoms with van der Waals surface area (Å²) in [6.07, 6.45) is 1.57. The molecule has 0 unspecified atom stereocenters. The second-order valence-corrected chi connectivity index (χ2v) is 5.71. The quantitative estimate of drug-likeness (QED) is 0.798. The van der Waals surface area contributed by atoms with Crippen molar-refractivity contribution in [2.45, 2.75) is 0 Å². The number of amides is 1. The van der Waals surface area contributed by atoms with Crippen molar-refractivity contribution in [2.24, 2.45) is 10.7 Å². The van der Waals surface area contributed by atoms with E-state index in [0.717, 1.165) is 16.2 Å². The number of halogens is 1. The molecule has 8 heteroatoms. The van der Waals surface area contributed by atoms with E-state index in [9.17, 15) is 9.59 Å². The zero-order valence-electron chi connectivity index (χ0n) is 10.00. The lowest BCUT2D eigenvalue weighted by Gasteiger charge is -2.08. The third kappa shape index (κ3) is 3.61. The van der Waals surface area contributed by atoms with Crippen molar-refractivity contribution in [1.29, 1.82) is 0 Å². The molecule has 0 aliphatic carbocycles. The number of hydrogen-bond donors (Lipinski definition) is 2. The Labute approximate surface area is 126 Å². The van der Waals surface area contributed by atoms with Crippen molar-refractivity contribution in [2.75, 3.05) is 6.61 Å². The Kier molecular flexibility index (Phi) is 4.46. The summed E-state index contributed by atoms with van der Waals surface area (Å²) >= 11 is 4.37. The van der Waals surface area contributed by atoms with E-state index in [1.165, 1.54) is 0 Å². The number of carboxylic acids is 1. The Hall–Kier alpha value is -1.80. The van der Waals surface area contributed by atoms with Crippen molar-refractivity contribution in [3.8, 4) is 5.75 Å². The number of aliphatic imine (C=N–C) groups is 1. The summed E-state index contributed by atoms with van der Waals surface area (Å²) in [5.41, 5.74) is 6.04. The number of hydrogen-bond acceptors (Lipinski definition) is 5. The van der Waals surface area contributed by atoms with Crippen molar-refractivity contribution >= 4 is 50.8 Å². The molecular weight excluding hydrogens is 348 g/mol. The van der Waals surface area contributed by atoms with Crippen LogP contribution in [0.4, 0.5) is 0 Å². The number of nitrogens with two attached hydrogens (primary N) is 1. The van der Waals surface area contributed by atoms with Crippen molar-refractivity contribution < 1.29 is 19.4 Å². The molecule has 20 heavy (non-hydrogen) atoms. The number of aliphatic carboxylic acids is 1. The van der Waals surface area contributed by atoms with Crippen LogP contribution in [0.25, 0.3) is 6.08 Å². The smallest absolute Gasteiger partial charge is 0.341 e. The molecule has 1 aromatic rings. The molecule has 1 aliphatic heterocycles. The van der Waals surface area contributed by atoms with Gasteiger partial charge in [0.25, 0.3) is 5.91 Å². The van der Waals surface area contributed by atoms with Crippen LogP contribution in [0.2, 0.25) is 0 Å². The van der Waals surface area contributed by atoms with E-state index >= 15 is 0 Å². The number of amidine groups is 1. The van der Waals surface area contributed by atoms with Crippen LogP contribution >= 0.6 is 27.7 Å². The molecule has 0 bridgehead atoms. The summed E-state index contributed by atoms with van der Waals surface area (Å²) in [5.74, 6) is -1.14. The Morgan fingerprint density at radius 3 is 2.90 bits per heavy atom. The third-order valence-electron chi connectivity index (χ3n) is 2.25. The molecule has 0 radical (unpaired) electrons. The van der Waals surface area contributed by atoms with Gasteiger partial charge in [-0.05, 0) is 36.0 Å². The van der Waals surface area contributed by atoms with E-state index in [2.05, 4.69) is 20.9 Å². The van der Waals surface area contributed by atoms with Crippen LogP contribution in [0.1, 0.15) is 5.56 Å². The first-order valence-electron chi connectivity index (χ1n) is 5.38. The molecule has 0 saturated heterocycles. The van der Waals surface area contributed by atoms with Crippen LogP contribution in [-0.4, -0.2) is 28.8 Å². The third-order valence-corrected chi connectivity index (χ3v) is 3.55. The standard InChI is InChI=1S/C12H9BrN2O4S/c13-7-1-2-8(19-5-10(16)17)6(3-7)4-9-11(18)15-12(14)20-9/h1-4H,5H2,(H,16,17)(H2,14,15,18). The molecule has 6 nitrogen and oxygen atoms in total. The molecule has 3 N–H and O–H groups in total. The average Bonchev–Trinajstić information content (AvgIpc) is 2.66. The predicted molar refractivity (Wildman–Crippen MR) is 79.5 cm³/mol. The topological polar surface area (TPSA) is 102 Å². The van der Waals surface area contributed by atoms with Gasteiger partial charge in [-0.2, -0.15) is 4.99 Å². The van der Waals surface area contributed by atoms with Gasteiger partial charge in [-0.15, -0.1) is 0 Å². The Morgan fingerprint density at radius 1 is 1.55 bits per heavy atom. The second-order valence-electron chi connectivity index (χ2n) is 3.73. The highest BCUT2D eigenvalue weighted by Gasteiger charge is 2.20. The Balaban J connectivity index is 2.30. The van der Waals surface area contributed by atoms with Gasteiger partial charge in [0, 0.05) is 10.0 Å². The van der Waals surface area contributed by atoms with E-state index in [1.807, 2.05) is 0 Å². The van der Waals surface area contributed by atoms with Crippen LogP contribution in [-0.2, 0) is 9.59 Å². The molecule has 2 rings (SSSR count). The fourth-order valence-electron chi connectivity index (χ4n) is 1.47. The first-order chi connectivity index (χ1) is 9.45. The molecular formula is C12H9BrN2O4S. The van der Waals surface area contributed by atoms with E-state index in [1.54, 1.807) is 24.3 Å². The van der Waals surface area contributed by atoms with E-state index < -0.39 is 18.5 Å². The average molecular weight is 357 g/mol. The first-order valence-corrected chi connectivity index (χ1v) is 6.99. The van der Waals surface area contributed by atoms with Crippen LogP contribution in [0.15, 0.2) is 32.6 Å². The SMILES string of the molecule is NC1=NC(=O)C(=Cc2cc(Br)ccc2OCC(=O)O)S1. The number of carboxylic acid groups (broad SMARTS) is 1. The number of carbonyl (C=O) groups is 2. The number of carbonyl (C=O) groups excluding carboxylic acids is 1. The summed E-state index contributed by atoms with van der Waals surface area (Å²) in [7, 11) is 0. The fourth-order valence-corrected chi connectivity index (χ4v) is 2.52. The molecule has 0 aromatic heterocycles. The maximum absolute atomic E-state index is 11.5. The van der Waals surface area contributed by atoms with Gasteiger partial charge in [0.2, 0.25) is 0 Å². The van der Waals surface area contributed by atoms with Crippen LogP contribution < -0.4 is 10.5 Å². The van der Waals surface area contributed by atoms with Crippen molar-refractivity contribution in [3.63, 3.8) is 0 Å². The van der Waals surface area contributed by atoms with Gasteiger partial charge in [0.05, 0.1) is 4.91 Å². The lowest BCUT2D eigenvalue weighted by Crippen LogP contribution is -2.10. The highest BCUT2D eigenvalue weighted by molar-refractivity contribution is 9.10. The minimum atomic E-state index is -1.08. The van der Waals surface area contributed by atoms with Crippen LogP contribution in [0.5, 0.6) is 5.75 Å².